The number of thioether (sulfide) groups is 1. The average Bonchev–Trinajstić information content (AvgIpc) is 3.06. The molecule has 1 heterocycles. The molecule has 6 heteroatoms. The highest BCUT2D eigenvalue weighted by molar-refractivity contribution is 8.00. The Labute approximate surface area is 139 Å². The molecule has 0 aliphatic rings. The van der Waals surface area contributed by atoms with E-state index in [0.717, 1.165) is 10.6 Å². The maximum absolute atomic E-state index is 12.2. The molecule has 0 aliphatic carbocycles. The molecule has 118 valence electrons. The largest absolute Gasteiger partial charge is 0.396 e. The second-order valence-electron chi connectivity index (χ2n) is 4.92. The van der Waals surface area contributed by atoms with Gasteiger partial charge in [-0.15, -0.1) is 23.1 Å². The molecule has 1 aromatic carbocycles. The van der Waals surface area contributed by atoms with E-state index in [1.54, 1.807) is 18.0 Å². The third-order valence-electron chi connectivity index (χ3n) is 3.17. The molecule has 2 aromatic rings. The standard InChI is InChI=1S/C16H20N2O2S2/c1-12(7-9-19)22-11-14(20)18-15(16-17-8-10-21-16)13-5-3-2-4-6-13/h2-6,8,10,12,15,19H,7,9,11H2,1H3,(H,18,20). The molecule has 0 aliphatic heterocycles. The van der Waals surface area contributed by atoms with Crippen molar-refractivity contribution in [2.75, 3.05) is 12.4 Å². The summed E-state index contributed by atoms with van der Waals surface area (Å²) in [5.41, 5.74) is 1.03. The summed E-state index contributed by atoms with van der Waals surface area (Å²) in [4.78, 5) is 16.5. The van der Waals surface area contributed by atoms with E-state index in [4.69, 9.17) is 5.11 Å². The fourth-order valence-electron chi connectivity index (χ4n) is 2.00. The molecule has 22 heavy (non-hydrogen) atoms. The zero-order valence-electron chi connectivity index (χ0n) is 12.4. The van der Waals surface area contributed by atoms with Gasteiger partial charge >= 0.3 is 0 Å². The molecular weight excluding hydrogens is 316 g/mol. The number of thiazole rings is 1. The van der Waals surface area contributed by atoms with Gasteiger partial charge in [0.25, 0.3) is 0 Å². The predicted octanol–water partition coefficient (Wildman–Crippen LogP) is 2.85. The fraction of sp³-hybridized carbons (Fsp3) is 0.375. The number of hydrogen-bond donors (Lipinski definition) is 2. The summed E-state index contributed by atoms with van der Waals surface area (Å²) in [5, 5.41) is 15.0. The van der Waals surface area contributed by atoms with E-state index in [1.807, 2.05) is 42.6 Å². The second kappa shape index (κ2) is 8.92. The normalized spacial score (nSPS) is 13.5. The number of nitrogens with one attached hydrogen (secondary N) is 1. The van der Waals surface area contributed by atoms with Crippen LogP contribution in [0.25, 0.3) is 0 Å². The van der Waals surface area contributed by atoms with Gasteiger partial charge < -0.3 is 10.4 Å². The molecular formula is C16H20N2O2S2. The smallest absolute Gasteiger partial charge is 0.230 e. The Morgan fingerprint density at radius 1 is 1.41 bits per heavy atom. The lowest BCUT2D eigenvalue weighted by Crippen LogP contribution is -2.31. The van der Waals surface area contributed by atoms with Crippen LogP contribution in [0.3, 0.4) is 0 Å². The average molecular weight is 336 g/mol. The van der Waals surface area contributed by atoms with Crippen molar-refractivity contribution in [1.82, 2.24) is 10.3 Å². The minimum Gasteiger partial charge on any atom is -0.396 e. The molecule has 1 amide bonds. The van der Waals surface area contributed by atoms with Crippen molar-refractivity contribution in [2.45, 2.75) is 24.6 Å². The third kappa shape index (κ3) is 5.12. The monoisotopic (exact) mass is 336 g/mol. The van der Waals surface area contributed by atoms with Crippen molar-refractivity contribution >= 4 is 29.0 Å². The van der Waals surface area contributed by atoms with Crippen LogP contribution in [0.5, 0.6) is 0 Å². The first-order valence-corrected chi connectivity index (χ1v) is 9.09. The van der Waals surface area contributed by atoms with Crippen molar-refractivity contribution in [3.63, 3.8) is 0 Å². The van der Waals surface area contributed by atoms with Gasteiger partial charge in [-0.1, -0.05) is 37.3 Å². The minimum atomic E-state index is -0.206. The van der Waals surface area contributed by atoms with Gasteiger partial charge in [0.1, 0.15) is 11.0 Å². The van der Waals surface area contributed by atoms with Crippen molar-refractivity contribution in [3.05, 3.63) is 52.5 Å². The molecule has 0 saturated carbocycles. The van der Waals surface area contributed by atoms with Crippen LogP contribution in [-0.4, -0.2) is 33.6 Å². The van der Waals surface area contributed by atoms with Gasteiger partial charge in [-0.05, 0) is 12.0 Å². The van der Waals surface area contributed by atoms with Crippen molar-refractivity contribution < 1.29 is 9.90 Å². The van der Waals surface area contributed by atoms with Gasteiger partial charge in [-0.2, -0.15) is 0 Å². The highest BCUT2D eigenvalue weighted by Gasteiger charge is 2.19. The van der Waals surface area contributed by atoms with E-state index in [-0.39, 0.29) is 23.8 Å². The molecule has 0 radical (unpaired) electrons. The summed E-state index contributed by atoms with van der Waals surface area (Å²) in [6.45, 7) is 2.17. The Kier molecular flexibility index (Phi) is 6.89. The van der Waals surface area contributed by atoms with E-state index in [9.17, 15) is 4.79 Å². The van der Waals surface area contributed by atoms with Crippen LogP contribution in [0.4, 0.5) is 0 Å². The Morgan fingerprint density at radius 3 is 2.82 bits per heavy atom. The van der Waals surface area contributed by atoms with Crippen LogP contribution >= 0.6 is 23.1 Å². The minimum absolute atomic E-state index is 0.0150. The number of rotatable bonds is 8. The summed E-state index contributed by atoms with van der Waals surface area (Å²) in [6, 6.07) is 9.65. The lowest BCUT2D eigenvalue weighted by atomic mass is 10.1. The molecule has 2 atom stereocenters. The maximum atomic E-state index is 12.2. The van der Waals surface area contributed by atoms with Gasteiger partial charge in [0.05, 0.1) is 5.75 Å². The Balaban J connectivity index is 2.00. The topological polar surface area (TPSA) is 62.2 Å². The summed E-state index contributed by atoms with van der Waals surface area (Å²) >= 11 is 3.09. The number of nitrogens with zero attached hydrogens (tertiary/aromatic N) is 1. The number of amides is 1. The van der Waals surface area contributed by atoms with Crippen LogP contribution in [0.1, 0.15) is 30.0 Å². The maximum Gasteiger partial charge on any atom is 0.230 e. The second-order valence-corrected chi connectivity index (χ2v) is 7.27. The summed E-state index contributed by atoms with van der Waals surface area (Å²) < 4.78 is 0. The van der Waals surface area contributed by atoms with Crippen LogP contribution < -0.4 is 5.32 Å². The number of carbonyl (C=O) groups is 1. The molecule has 0 bridgehead atoms. The molecule has 4 nitrogen and oxygen atoms in total. The number of hydrogen-bond acceptors (Lipinski definition) is 5. The van der Waals surface area contributed by atoms with Crippen LogP contribution in [0.2, 0.25) is 0 Å². The molecule has 2 rings (SSSR count). The number of carbonyl (C=O) groups excluding carboxylic acids is 1. The first-order valence-electron chi connectivity index (χ1n) is 7.17. The van der Waals surface area contributed by atoms with Crippen molar-refractivity contribution in [2.24, 2.45) is 0 Å². The molecule has 0 spiro atoms. The zero-order chi connectivity index (χ0) is 15.8. The number of aliphatic hydroxyl groups excluding tert-OH is 1. The lowest BCUT2D eigenvalue weighted by Gasteiger charge is -2.17. The van der Waals surface area contributed by atoms with E-state index in [0.29, 0.717) is 12.2 Å². The van der Waals surface area contributed by atoms with Crippen LogP contribution in [0, 0.1) is 0 Å². The van der Waals surface area contributed by atoms with Crippen LogP contribution in [0.15, 0.2) is 41.9 Å². The highest BCUT2D eigenvalue weighted by Crippen LogP contribution is 2.24. The van der Waals surface area contributed by atoms with Gasteiger partial charge in [0, 0.05) is 23.4 Å². The van der Waals surface area contributed by atoms with Crippen molar-refractivity contribution in [1.29, 1.82) is 0 Å². The van der Waals surface area contributed by atoms with Crippen LogP contribution in [-0.2, 0) is 4.79 Å². The summed E-state index contributed by atoms with van der Waals surface area (Å²) in [6.07, 6.45) is 2.45. The Bertz CT molecular complexity index is 561. The third-order valence-corrected chi connectivity index (χ3v) is 5.25. The number of aromatic nitrogens is 1. The molecule has 2 unspecified atom stereocenters. The van der Waals surface area contributed by atoms with Crippen molar-refractivity contribution in [3.8, 4) is 0 Å². The first-order chi connectivity index (χ1) is 10.7. The predicted molar refractivity (Wildman–Crippen MR) is 92.2 cm³/mol. The van der Waals surface area contributed by atoms with E-state index < -0.39 is 0 Å². The molecule has 1 aromatic heterocycles. The molecule has 0 saturated heterocycles. The van der Waals surface area contributed by atoms with Gasteiger partial charge in [0.2, 0.25) is 5.91 Å². The van der Waals surface area contributed by atoms with Gasteiger partial charge in [-0.25, -0.2) is 4.98 Å². The quantitative estimate of drug-likeness (QED) is 0.778. The summed E-state index contributed by atoms with van der Waals surface area (Å²) in [5.74, 6) is 0.370. The molecule has 0 fully saturated rings. The van der Waals surface area contributed by atoms with Gasteiger partial charge in [-0.3, -0.25) is 4.79 Å². The first kappa shape index (κ1) is 17.0. The zero-order valence-corrected chi connectivity index (χ0v) is 14.1. The Morgan fingerprint density at radius 2 is 2.18 bits per heavy atom. The van der Waals surface area contributed by atoms with E-state index in [1.165, 1.54) is 11.3 Å². The highest BCUT2D eigenvalue weighted by atomic mass is 32.2. The Hall–Kier alpha value is -1.37. The van der Waals surface area contributed by atoms with E-state index in [2.05, 4.69) is 10.3 Å². The fourth-order valence-corrected chi connectivity index (χ4v) is 3.50. The summed E-state index contributed by atoms with van der Waals surface area (Å²) in [7, 11) is 0. The molecule has 2 N–H and O–H groups in total. The van der Waals surface area contributed by atoms with E-state index >= 15 is 0 Å². The van der Waals surface area contributed by atoms with Gasteiger partial charge in [0.15, 0.2) is 0 Å². The number of aliphatic hydroxyl groups is 1. The number of benzene rings is 1. The lowest BCUT2D eigenvalue weighted by molar-refractivity contribution is -0.119. The SMILES string of the molecule is CC(CCO)SCC(=O)NC(c1ccccc1)c1nccs1.